The fourth-order valence-electron chi connectivity index (χ4n) is 1.88. The molecule has 1 aromatic carbocycles. The van der Waals surface area contributed by atoms with Gasteiger partial charge in [-0.2, -0.15) is 0 Å². The van der Waals surface area contributed by atoms with Gasteiger partial charge in [0.25, 0.3) is 5.91 Å². The van der Waals surface area contributed by atoms with Crippen LogP contribution in [0.25, 0.3) is 0 Å². The zero-order chi connectivity index (χ0) is 12.8. The van der Waals surface area contributed by atoms with E-state index in [1.54, 1.807) is 3.93 Å². The van der Waals surface area contributed by atoms with Crippen molar-refractivity contribution in [3.63, 3.8) is 0 Å². The van der Waals surface area contributed by atoms with E-state index in [0.29, 0.717) is 12.1 Å². The van der Waals surface area contributed by atoms with E-state index >= 15 is 0 Å². The molecule has 0 unspecified atom stereocenters. The maximum Gasteiger partial charge on any atom is 0.263 e. The SMILES string of the molecule is O=C(c1ccccc1)N(Br)CCN1CCOCC1. The van der Waals surface area contributed by atoms with E-state index in [9.17, 15) is 4.79 Å². The Morgan fingerprint density at radius 3 is 2.61 bits per heavy atom. The van der Waals surface area contributed by atoms with Crippen LogP contribution in [0.5, 0.6) is 0 Å². The summed E-state index contributed by atoms with van der Waals surface area (Å²) in [5, 5.41) is 0. The van der Waals surface area contributed by atoms with Crippen LogP contribution in [0, 0.1) is 0 Å². The first-order valence-corrected chi connectivity index (χ1v) is 6.81. The van der Waals surface area contributed by atoms with Gasteiger partial charge >= 0.3 is 0 Å². The van der Waals surface area contributed by atoms with Gasteiger partial charge in [0, 0.05) is 31.7 Å². The number of carbonyl (C=O) groups excluding carboxylic acids is 1. The first-order chi connectivity index (χ1) is 8.77. The van der Waals surface area contributed by atoms with Gasteiger partial charge in [-0.05, 0) is 12.1 Å². The largest absolute Gasteiger partial charge is 0.379 e. The first-order valence-electron chi connectivity index (χ1n) is 6.10. The minimum atomic E-state index is 0.00357. The molecule has 1 aromatic rings. The highest BCUT2D eigenvalue weighted by Gasteiger charge is 2.15. The Kier molecular flexibility index (Phi) is 5.16. The Morgan fingerprint density at radius 2 is 1.94 bits per heavy atom. The number of amides is 1. The molecule has 1 aliphatic heterocycles. The average Bonchev–Trinajstić information content (AvgIpc) is 2.46. The summed E-state index contributed by atoms with van der Waals surface area (Å²) in [6, 6.07) is 9.30. The van der Waals surface area contributed by atoms with Crippen molar-refractivity contribution in [3.05, 3.63) is 35.9 Å². The molecule has 18 heavy (non-hydrogen) atoms. The smallest absolute Gasteiger partial charge is 0.263 e. The number of hydrogen-bond donors (Lipinski definition) is 0. The van der Waals surface area contributed by atoms with Crippen molar-refractivity contribution < 1.29 is 9.53 Å². The zero-order valence-electron chi connectivity index (χ0n) is 10.2. The van der Waals surface area contributed by atoms with Crippen LogP contribution >= 0.6 is 16.1 Å². The number of carbonyl (C=O) groups is 1. The molecule has 0 spiro atoms. The average molecular weight is 313 g/mol. The van der Waals surface area contributed by atoms with Crippen molar-refractivity contribution in [2.45, 2.75) is 0 Å². The number of hydrogen-bond acceptors (Lipinski definition) is 3. The number of ether oxygens (including phenoxy) is 1. The molecule has 0 aliphatic carbocycles. The van der Waals surface area contributed by atoms with Crippen molar-refractivity contribution in [2.24, 2.45) is 0 Å². The van der Waals surface area contributed by atoms with Crippen LogP contribution < -0.4 is 0 Å². The minimum absolute atomic E-state index is 0.00357. The Labute approximate surface area is 116 Å². The second-order valence-electron chi connectivity index (χ2n) is 4.21. The monoisotopic (exact) mass is 312 g/mol. The van der Waals surface area contributed by atoms with Crippen LogP contribution in [-0.4, -0.2) is 54.1 Å². The second-order valence-corrected chi connectivity index (χ2v) is 5.07. The van der Waals surface area contributed by atoms with Gasteiger partial charge in [-0.15, -0.1) is 0 Å². The molecule has 5 heteroatoms. The van der Waals surface area contributed by atoms with Gasteiger partial charge < -0.3 is 4.74 Å². The fraction of sp³-hybridized carbons (Fsp3) is 0.462. The molecule has 1 amide bonds. The Bertz CT molecular complexity index is 380. The maximum absolute atomic E-state index is 12.1. The van der Waals surface area contributed by atoms with E-state index in [1.807, 2.05) is 30.3 Å². The van der Waals surface area contributed by atoms with E-state index < -0.39 is 0 Å². The molecule has 1 fully saturated rings. The third kappa shape index (κ3) is 3.80. The van der Waals surface area contributed by atoms with E-state index in [4.69, 9.17) is 4.74 Å². The molecule has 98 valence electrons. The van der Waals surface area contributed by atoms with Gasteiger partial charge in [0.1, 0.15) is 0 Å². The summed E-state index contributed by atoms with van der Waals surface area (Å²) in [5.41, 5.74) is 0.705. The van der Waals surface area contributed by atoms with E-state index in [0.717, 1.165) is 32.8 Å². The molecule has 4 nitrogen and oxygen atoms in total. The predicted octanol–water partition coefficient (Wildman–Crippen LogP) is 1.77. The summed E-state index contributed by atoms with van der Waals surface area (Å²) < 4.78 is 6.88. The van der Waals surface area contributed by atoms with Gasteiger partial charge in [0.05, 0.1) is 29.4 Å². The molecule has 0 radical (unpaired) electrons. The third-order valence-corrected chi connectivity index (χ3v) is 3.63. The molecule has 1 aliphatic rings. The van der Waals surface area contributed by atoms with E-state index in [-0.39, 0.29) is 5.91 Å². The molecular weight excluding hydrogens is 296 g/mol. The van der Waals surface area contributed by atoms with Gasteiger partial charge in [-0.1, -0.05) is 18.2 Å². The Hall–Kier alpha value is -0.910. The molecule has 0 atom stereocenters. The summed E-state index contributed by atoms with van der Waals surface area (Å²) in [7, 11) is 0. The Morgan fingerprint density at radius 1 is 1.28 bits per heavy atom. The number of rotatable bonds is 4. The molecule has 1 saturated heterocycles. The molecule has 0 bridgehead atoms. The molecule has 0 saturated carbocycles. The molecule has 0 N–H and O–H groups in total. The summed E-state index contributed by atoms with van der Waals surface area (Å²) in [6.07, 6.45) is 0. The highest BCUT2D eigenvalue weighted by atomic mass is 79.9. The quantitative estimate of drug-likeness (QED) is 0.794. The van der Waals surface area contributed by atoms with Crippen molar-refractivity contribution in [1.29, 1.82) is 0 Å². The lowest BCUT2D eigenvalue weighted by Crippen LogP contribution is -2.40. The van der Waals surface area contributed by atoms with Gasteiger partial charge in [-0.3, -0.25) is 13.6 Å². The van der Waals surface area contributed by atoms with Crippen molar-refractivity contribution in [3.8, 4) is 0 Å². The van der Waals surface area contributed by atoms with Crippen LogP contribution in [0.1, 0.15) is 10.4 Å². The number of nitrogens with zero attached hydrogens (tertiary/aromatic N) is 2. The lowest BCUT2D eigenvalue weighted by Gasteiger charge is -2.27. The summed E-state index contributed by atoms with van der Waals surface area (Å²) >= 11 is 3.33. The van der Waals surface area contributed by atoms with Crippen molar-refractivity contribution in [1.82, 2.24) is 8.83 Å². The van der Waals surface area contributed by atoms with Crippen LogP contribution in [0.2, 0.25) is 0 Å². The van der Waals surface area contributed by atoms with Gasteiger partial charge in [0.2, 0.25) is 0 Å². The lowest BCUT2D eigenvalue weighted by atomic mass is 10.2. The minimum Gasteiger partial charge on any atom is -0.379 e. The number of morpholine rings is 1. The van der Waals surface area contributed by atoms with Crippen LogP contribution in [0.3, 0.4) is 0 Å². The Balaban J connectivity index is 1.80. The summed E-state index contributed by atoms with van der Waals surface area (Å²) in [6.45, 7) is 5.01. The number of halogens is 1. The first kappa shape index (κ1) is 13.5. The third-order valence-electron chi connectivity index (χ3n) is 2.96. The molecular formula is C13H17BrN2O2. The van der Waals surface area contributed by atoms with E-state index in [1.165, 1.54) is 0 Å². The topological polar surface area (TPSA) is 32.8 Å². The van der Waals surface area contributed by atoms with Gasteiger partial charge in [0.15, 0.2) is 0 Å². The molecule has 2 rings (SSSR count). The van der Waals surface area contributed by atoms with E-state index in [2.05, 4.69) is 21.0 Å². The normalized spacial score (nSPS) is 16.5. The maximum atomic E-state index is 12.1. The van der Waals surface area contributed by atoms with Crippen LogP contribution in [0.15, 0.2) is 30.3 Å². The summed E-state index contributed by atoms with van der Waals surface area (Å²) in [5.74, 6) is 0.00357. The highest BCUT2D eigenvalue weighted by Crippen LogP contribution is 2.09. The number of benzene rings is 1. The summed E-state index contributed by atoms with van der Waals surface area (Å²) in [4.78, 5) is 14.4. The van der Waals surface area contributed by atoms with Crippen LogP contribution in [0.4, 0.5) is 0 Å². The lowest BCUT2D eigenvalue weighted by molar-refractivity contribution is 0.0364. The van der Waals surface area contributed by atoms with Crippen molar-refractivity contribution in [2.75, 3.05) is 39.4 Å². The standard InChI is InChI=1S/C13H17BrN2O2/c14-16(7-6-15-8-10-18-11-9-15)13(17)12-4-2-1-3-5-12/h1-5H,6-11H2. The predicted molar refractivity (Wildman–Crippen MR) is 73.7 cm³/mol. The highest BCUT2D eigenvalue weighted by molar-refractivity contribution is 9.07. The van der Waals surface area contributed by atoms with Crippen LogP contribution in [-0.2, 0) is 4.74 Å². The zero-order valence-corrected chi connectivity index (χ0v) is 11.8. The second kappa shape index (κ2) is 6.87. The molecule has 0 aromatic heterocycles. The molecule has 1 heterocycles. The van der Waals surface area contributed by atoms with Gasteiger partial charge in [-0.25, -0.2) is 0 Å². The fourth-order valence-corrected chi connectivity index (χ4v) is 2.24. The van der Waals surface area contributed by atoms with Crippen molar-refractivity contribution >= 4 is 22.1 Å².